The smallest absolute Gasteiger partial charge is 0.232 e. The Balaban J connectivity index is 2.16. The van der Waals surface area contributed by atoms with E-state index in [1.807, 2.05) is 0 Å². The van der Waals surface area contributed by atoms with Crippen molar-refractivity contribution in [2.75, 3.05) is 5.32 Å². The second kappa shape index (κ2) is 5.11. The Hall–Kier alpha value is -1.85. The number of carbonyl (C=O) groups is 1. The first-order chi connectivity index (χ1) is 10.3. The number of benzene rings is 1. The molecule has 0 aliphatic carbocycles. The SMILES string of the molecule is CC(C)(C)C(=O)Nc1nc(Cl)c2oc3ccc(Cl)cc3c2n1. The van der Waals surface area contributed by atoms with Crippen molar-refractivity contribution in [1.82, 2.24) is 9.97 Å². The quantitative estimate of drug-likeness (QED) is 0.655. The summed E-state index contributed by atoms with van der Waals surface area (Å²) in [7, 11) is 0. The number of hydrogen-bond donors (Lipinski definition) is 1. The number of nitrogens with one attached hydrogen (secondary N) is 1. The van der Waals surface area contributed by atoms with Crippen LogP contribution in [0.5, 0.6) is 0 Å². The fourth-order valence-corrected chi connectivity index (χ4v) is 2.31. The van der Waals surface area contributed by atoms with Gasteiger partial charge in [0, 0.05) is 15.8 Å². The van der Waals surface area contributed by atoms with E-state index in [0.29, 0.717) is 21.7 Å². The molecule has 1 aromatic carbocycles. The molecule has 5 nitrogen and oxygen atoms in total. The standard InChI is InChI=1S/C15H13Cl2N3O2/c1-15(2,3)13(21)20-14-18-10-8-6-7(16)4-5-9(8)22-11(10)12(17)19-14/h4-6H,1-3H3,(H,18,19,20,21). The number of hydrogen-bond acceptors (Lipinski definition) is 4. The molecule has 114 valence electrons. The zero-order valence-electron chi connectivity index (χ0n) is 12.2. The second-order valence-electron chi connectivity index (χ2n) is 5.96. The van der Waals surface area contributed by atoms with Crippen molar-refractivity contribution in [2.45, 2.75) is 20.8 Å². The van der Waals surface area contributed by atoms with E-state index in [0.717, 1.165) is 5.39 Å². The third kappa shape index (κ3) is 2.62. The van der Waals surface area contributed by atoms with Crippen LogP contribution in [0.4, 0.5) is 5.95 Å². The number of rotatable bonds is 1. The molecule has 22 heavy (non-hydrogen) atoms. The molecule has 0 saturated heterocycles. The van der Waals surface area contributed by atoms with Gasteiger partial charge >= 0.3 is 0 Å². The van der Waals surface area contributed by atoms with Crippen LogP contribution in [0.1, 0.15) is 20.8 Å². The molecule has 3 aromatic rings. The van der Waals surface area contributed by atoms with Crippen LogP contribution in [0, 0.1) is 5.41 Å². The number of fused-ring (bicyclic) bond motifs is 3. The van der Waals surface area contributed by atoms with E-state index in [2.05, 4.69) is 15.3 Å². The highest BCUT2D eigenvalue weighted by atomic mass is 35.5. The van der Waals surface area contributed by atoms with E-state index in [9.17, 15) is 4.79 Å². The largest absolute Gasteiger partial charge is 0.451 e. The summed E-state index contributed by atoms with van der Waals surface area (Å²) in [6, 6.07) is 5.19. The maximum Gasteiger partial charge on any atom is 0.232 e. The minimum atomic E-state index is -0.563. The third-order valence-electron chi connectivity index (χ3n) is 3.14. The highest BCUT2D eigenvalue weighted by molar-refractivity contribution is 6.35. The van der Waals surface area contributed by atoms with E-state index in [-0.39, 0.29) is 17.0 Å². The lowest BCUT2D eigenvalue weighted by molar-refractivity contribution is -0.123. The number of halogens is 2. The van der Waals surface area contributed by atoms with Crippen molar-refractivity contribution < 1.29 is 9.21 Å². The first-order valence-corrected chi connectivity index (χ1v) is 7.38. The second-order valence-corrected chi connectivity index (χ2v) is 6.76. The average Bonchev–Trinajstić information content (AvgIpc) is 2.76. The maximum atomic E-state index is 12.1. The monoisotopic (exact) mass is 337 g/mol. The zero-order valence-corrected chi connectivity index (χ0v) is 13.7. The molecule has 0 fully saturated rings. The van der Waals surface area contributed by atoms with Crippen LogP contribution < -0.4 is 5.32 Å². The van der Waals surface area contributed by atoms with Crippen LogP contribution in [0.3, 0.4) is 0 Å². The van der Waals surface area contributed by atoms with E-state index in [1.165, 1.54) is 0 Å². The van der Waals surface area contributed by atoms with Crippen molar-refractivity contribution in [1.29, 1.82) is 0 Å². The molecule has 0 atom stereocenters. The number of anilines is 1. The van der Waals surface area contributed by atoms with Crippen LogP contribution >= 0.6 is 23.2 Å². The summed E-state index contributed by atoms with van der Waals surface area (Å²) in [6.45, 7) is 5.40. The number of nitrogens with zero attached hydrogens (tertiary/aromatic N) is 2. The summed E-state index contributed by atoms with van der Waals surface area (Å²) < 4.78 is 5.64. The Morgan fingerprint density at radius 1 is 1.23 bits per heavy atom. The van der Waals surface area contributed by atoms with E-state index >= 15 is 0 Å². The van der Waals surface area contributed by atoms with Gasteiger partial charge in [-0.3, -0.25) is 10.1 Å². The Bertz CT molecular complexity index is 897. The van der Waals surface area contributed by atoms with Gasteiger partial charge < -0.3 is 4.42 Å². The van der Waals surface area contributed by atoms with Gasteiger partial charge in [0.15, 0.2) is 10.7 Å². The van der Waals surface area contributed by atoms with Gasteiger partial charge in [0.2, 0.25) is 11.9 Å². The van der Waals surface area contributed by atoms with Gasteiger partial charge in [-0.25, -0.2) is 4.98 Å². The van der Waals surface area contributed by atoms with Gasteiger partial charge in [0.25, 0.3) is 0 Å². The van der Waals surface area contributed by atoms with Crippen LogP contribution in [-0.2, 0) is 4.79 Å². The molecule has 0 unspecified atom stereocenters. The fraction of sp³-hybridized carbons (Fsp3) is 0.267. The average molecular weight is 338 g/mol. The van der Waals surface area contributed by atoms with Crippen molar-refractivity contribution in [2.24, 2.45) is 5.41 Å². The Morgan fingerprint density at radius 2 is 1.95 bits per heavy atom. The summed E-state index contributed by atoms with van der Waals surface area (Å²) in [6.07, 6.45) is 0. The number of aromatic nitrogens is 2. The Labute approximate surface area is 136 Å². The lowest BCUT2D eigenvalue weighted by atomic mass is 9.96. The normalized spacial score (nSPS) is 12.0. The highest BCUT2D eigenvalue weighted by Gasteiger charge is 2.23. The Morgan fingerprint density at radius 3 is 2.64 bits per heavy atom. The first kappa shape index (κ1) is 15.1. The fourth-order valence-electron chi connectivity index (χ4n) is 1.93. The lowest BCUT2D eigenvalue weighted by Gasteiger charge is -2.16. The molecule has 2 aromatic heterocycles. The zero-order chi connectivity index (χ0) is 16.1. The van der Waals surface area contributed by atoms with Crippen molar-refractivity contribution in [3.8, 4) is 0 Å². The third-order valence-corrected chi connectivity index (χ3v) is 3.63. The Kier molecular flexibility index (Phi) is 3.50. The van der Waals surface area contributed by atoms with Crippen LogP contribution in [0.25, 0.3) is 22.1 Å². The molecule has 2 heterocycles. The molecule has 0 aliphatic rings. The van der Waals surface area contributed by atoms with Crippen LogP contribution in [0.2, 0.25) is 10.2 Å². The molecule has 1 N–H and O–H groups in total. The molecule has 0 bridgehead atoms. The van der Waals surface area contributed by atoms with Crippen molar-refractivity contribution in [3.63, 3.8) is 0 Å². The molecule has 7 heteroatoms. The summed E-state index contributed by atoms with van der Waals surface area (Å²) in [5.74, 6) is -0.0612. The van der Waals surface area contributed by atoms with Crippen LogP contribution in [-0.4, -0.2) is 15.9 Å². The van der Waals surface area contributed by atoms with Gasteiger partial charge in [-0.1, -0.05) is 44.0 Å². The first-order valence-electron chi connectivity index (χ1n) is 6.62. The molecule has 1 amide bonds. The summed E-state index contributed by atoms with van der Waals surface area (Å²) in [5.41, 5.74) is 0.927. The van der Waals surface area contributed by atoms with Gasteiger partial charge in [0.1, 0.15) is 11.1 Å². The molecule has 0 saturated carbocycles. The van der Waals surface area contributed by atoms with Gasteiger partial charge in [-0.2, -0.15) is 4.98 Å². The molecule has 0 aliphatic heterocycles. The minimum Gasteiger partial charge on any atom is -0.451 e. The summed E-state index contributed by atoms with van der Waals surface area (Å²) >= 11 is 12.2. The topological polar surface area (TPSA) is 68.0 Å². The summed E-state index contributed by atoms with van der Waals surface area (Å²) in [4.78, 5) is 20.5. The lowest BCUT2D eigenvalue weighted by Crippen LogP contribution is -2.28. The van der Waals surface area contributed by atoms with Gasteiger partial charge in [-0.15, -0.1) is 0 Å². The highest BCUT2D eigenvalue weighted by Crippen LogP contribution is 2.33. The predicted octanol–water partition coefficient (Wildman–Crippen LogP) is 4.67. The van der Waals surface area contributed by atoms with Gasteiger partial charge in [-0.05, 0) is 18.2 Å². The summed E-state index contributed by atoms with van der Waals surface area (Å²) in [5, 5.41) is 4.08. The van der Waals surface area contributed by atoms with E-state index < -0.39 is 5.41 Å². The molecule has 0 radical (unpaired) electrons. The van der Waals surface area contributed by atoms with E-state index in [4.69, 9.17) is 27.6 Å². The molecule has 3 rings (SSSR count). The molecular formula is C15H13Cl2N3O2. The predicted molar refractivity (Wildman–Crippen MR) is 87.4 cm³/mol. The van der Waals surface area contributed by atoms with E-state index in [1.54, 1.807) is 39.0 Å². The molecular weight excluding hydrogens is 325 g/mol. The van der Waals surface area contributed by atoms with Crippen molar-refractivity contribution in [3.05, 3.63) is 28.4 Å². The van der Waals surface area contributed by atoms with Crippen molar-refractivity contribution >= 4 is 57.1 Å². The minimum absolute atomic E-state index is 0.139. The molecule has 0 spiro atoms. The number of amides is 1. The van der Waals surface area contributed by atoms with Gasteiger partial charge in [0.05, 0.1) is 0 Å². The number of furan rings is 1. The maximum absolute atomic E-state index is 12.1. The number of carbonyl (C=O) groups excluding carboxylic acids is 1. The van der Waals surface area contributed by atoms with Crippen LogP contribution in [0.15, 0.2) is 22.6 Å².